The fourth-order valence-corrected chi connectivity index (χ4v) is 3.79. The maximum absolute atomic E-state index is 4.37. The van der Waals surface area contributed by atoms with Gasteiger partial charge in [0.2, 0.25) is 0 Å². The third-order valence-corrected chi connectivity index (χ3v) is 5.24. The van der Waals surface area contributed by atoms with Crippen LogP contribution in [0, 0.1) is 0 Å². The van der Waals surface area contributed by atoms with Gasteiger partial charge in [-0.05, 0) is 0 Å². The zero-order valence-corrected chi connectivity index (χ0v) is 21.8. The van der Waals surface area contributed by atoms with E-state index in [2.05, 4.69) is 82.8 Å². The smallest absolute Gasteiger partial charge is 0.272 e. The number of fused-ring (bicyclic) bond motifs is 2. The molecule has 2 heterocycles. The minimum atomic E-state index is 0. The molecule has 0 saturated heterocycles. The van der Waals surface area contributed by atoms with Gasteiger partial charge in [-0.2, -0.15) is 0 Å². The molecule has 0 amide bonds. The van der Waals surface area contributed by atoms with Gasteiger partial charge >= 0.3 is 26.2 Å². The third-order valence-electron chi connectivity index (χ3n) is 5.24. The van der Waals surface area contributed by atoms with E-state index in [1.54, 1.807) is 0 Å². The summed E-state index contributed by atoms with van der Waals surface area (Å²) in [5.41, 5.74) is 4.51. The minimum absolute atomic E-state index is 0. The molecule has 0 aliphatic carbocycles. The molecule has 4 aromatic carbocycles. The standard InChI is InChI=1S/2C14H10N.2ClH.Zr/c2*1-2-6-12-11(5-1)8-9-13(12)14-7-3-4-10-15-14;;;/h2*1-10H;2*1H;/q2*-1;;;+2. The average molecular weight is 549 g/mol. The molecule has 0 fully saturated rings. The summed E-state index contributed by atoms with van der Waals surface area (Å²) in [5, 5.41) is 5.10. The van der Waals surface area contributed by atoms with Crippen LogP contribution in [-0.4, -0.2) is 9.97 Å². The third kappa shape index (κ3) is 5.86. The molecule has 6 aromatic rings. The maximum atomic E-state index is 4.37. The van der Waals surface area contributed by atoms with Crippen LogP contribution in [-0.2, 0) is 26.2 Å². The number of aromatic nitrogens is 2. The van der Waals surface area contributed by atoms with E-state index < -0.39 is 0 Å². The number of benzene rings is 2. The first-order valence-electron chi connectivity index (χ1n) is 10.0. The first-order valence-corrected chi connectivity index (χ1v) is 10.0. The van der Waals surface area contributed by atoms with Crippen molar-refractivity contribution in [1.29, 1.82) is 0 Å². The van der Waals surface area contributed by atoms with Crippen LogP contribution in [0.25, 0.3) is 44.1 Å². The van der Waals surface area contributed by atoms with Crippen LogP contribution in [0.15, 0.2) is 122 Å². The summed E-state index contributed by atoms with van der Waals surface area (Å²) in [4.78, 5) is 8.74. The number of hydrogen-bond acceptors (Lipinski definition) is 2. The quantitative estimate of drug-likeness (QED) is 0.205. The van der Waals surface area contributed by atoms with Gasteiger partial charge in [0.25, 0.3) is 0 Å². The molecule has 0 aliphatic rings. The number of rotatable bonds is 2. The second-order valence-electron chi connectivity index (χ2n) is 7.10. The van der Waals surface area contributed by atoms with E-state index in [1.165, 1.54) is 32.7 Å². The monoisotopic (exact) mass is 546 g/mol. The second kappa shape index (κ2) is 12.6. The van der Waals surface area contributed by atoms with Crippen molar-refractivity contribution in [3.63, 3.8) is 0 Å². The zero-order valence-electron chi connectivity index (χ0n) is 17.8. The maximum Gasteiger partial charge on any atom is 2.00 e. The van der Waals surface area contributed by atoms with Crippen molar-refractivity contribution in [2.45, 2.75) is 0 Å². The van der Waals surface area contributed by atoms with Crippen molar-refractivity contribution >= 4 is 46.4 Å². The Morgan fingerprint density at radius 3 is 1.24 bits per heavy atom. The van der Waals surface area contributed by atoms with Gasteiger partial charge in [0, 0.05) is 23.8 Å². The molecule has 162 valence electrons. The Morgan fingerprint density at radius 1 is 0.455 bits per heavy atom. The van der Waals surface area contributed by atoms with Crippen LogP contribution >= 0.6 is 24.8 Å². The summed E-state index contributed by atoms with van der Waals surface area (Å²) in [6.07, 6.45) is 3.66. The molecular weight excluding hydrogens is 526 g/mol. The van der Waals surface area contributed by atoms with Gasteiger partial charge in [-0.3, -0.25) is 9.97 Å². The summed E-state index contributed by atoms with van der Waals surface area (Å²) in [7, 11) is 0. The molecule has 2 nitrogen and oxygen atoms in total. The molecule has 0 radical (unpaired) electrons. The zero-order chi connectivity index (χ0) is 20.2. The average Bonchev–Trinajstić information content (AvgIpc) is 3.45. The molecule has 0 aliphatic heterocycles. The summed E-state index contributed by atoms with van der Waals surface area (Å²) in [6, 6.07) is 37.3. The Morgan fingerprint density at radius 2 is 0.848 bits per heavy atom. The van der Waals surface area contributed by atoms with Gasteiger partial charge in [0.1, 0.15) is 0 Å². The van der Waals surface area contributed by atoms with Gasteiger partial charge in [0.05, 0.1) is 0 Å². The van der Waals surface area contributed by atoms with E-state index in [-0.39, 0.29) is 51.0 Å². The number of pyridine rings is 2. The number of hydrogen-bond donors (Lipinski definition) is 0. The molecule has 0 bridgehead atoms. The molecule has 2 aromatic heterocycles. The summed E-state index contributed by atoms with van der Waals surface area (Å²) in [6.45, 7) is 0. The van der Waals surface area contributed by atoms with Gasteiger partial charge in [-0.15, -0.1) is 82.8 Å². The van der Waals surface area contributed by atoms with Crippen molar-refractivity contribution in [1.82, 2.24) is 9.97 Å². The van der Waals surface area contributed by atoms with Crippen LogP contribution in [0.5, 0.6) is 0 Å². The largest absolute Gasteiger partial charge is 2.00 e. The van der Waals surface area contributed by atoms with E-state index in [0.29, 0.717) is 0 Å². The second-order valence-corrected chi connectivity index (χ2v) is 7.10. The SMILES string of the molecule is Cl.Cl.[Zr+2].c1ccc(-[c-]2ccc3ccccc32)nc1.c1ccc(-[c-]2ccc3ccccc32)nc1. The van der Waals surface area contributed by atoms with Crippen LogP contribution < -0.4 is 0 Å². The summed E-state index contributed by atoms with van der Waals surface area (Å²) in [5.74, 6) is 0. The van der Waals surface area contributed by atoms with Crippen molar-refractivity contribution in [3.05, 3.63) is 122 Å². The fourth-order valence-electron chi connectivity index (χ4n) is 3.79. The van der Waals surface area contributed by atoms with Crippen molar-refractivity contribution in [2.75, 3.05) is 0 Å². The molecule has 33 heavy (non-hydrogen) atoms. The van der Waals surface area contributed by atoms with E-state index in [1.807, 2.05) is 48.8 Å². The summed E-state index contributed by atoms with van der Waals surface area (Å²) < 4.78 is 0. The van der Waals surface area contributed by atoms with E-state index in [0.717, 1.165) is 11.4 Å². The molecule has 0 saturated carbocycles. The van der Waals surface area contributed by atoms with E-state index in [9.17, 15) is 0 Å². The van der Waals surface area contributed by atoms with Crippen LogP contribution in [0.2, 0.25) is 0 Å². The van der Waals surface area contributed by atoms with Gasteiger partial charge in [0.15, 0.2) is 0 Å². The van der Waals surface area contributed by atoms with E-state index in [4.69, 9.17) is 0 Å². The van der Waals surface area contributed by atoms with Crippen molar-refractivity contribution in [2.24, 2.45) is 0 Å². The fraction of sp³-hybridized carbons (Fsp3) is 0. The molecular formula is C28H22Cl2N2Zr. The first-order chi connectivity index (χ1) is 14.9. The van der Waals surface area contributed by atoms with Gasteiger partial charge in [-0.25, -0.2) is 0 Å². The predicted molar refractivity (Wildman–Crippen MR) is 140 cm³/mol. The van der Waals surface area contributed by atoms with Gasteiger partial charge < -0.3 is 0 Å². The Labute approximate surface area is 225 Å². The van der Waals surface area contributed by atoms with Gasteiger partial charge in [-0.1, -0.05) is 83.9 Å². The molecule has 5 heteroatoms. The molecule has 6 rings (SSSR count). The summed E-state index contributed by atoms with van der Waals surface area (Å²) >= 11 is 0. The molecule has 0 spiro atoms. The predicted octanol–water partition coefficient (Wildman–Crippen LogP) is 8.08. The van der Waals surface area contributed by atoms with E-state index >= 15 is 0 Å². The molecule has 0 N–H and O–H groups in total. The Hall–Kier alpha value is -2.58. The number of nitrogens with zero attached hydrogens (tertiary/aromatic N) is 2. The minimum Gasteiger partial charge on any atom is -0.272 e. The topological polar surface area (TPSA) is 25.8 Å². The Balaban J connectivity index is 0.000000214. The van der Waals surface area contributed by atoms with Crippen LogP contribution in [0.1, 0.15) is 0 Å². The van der Waals surface area contributed by atoms with Crippen LogP contribution in [0.3, 0.4) is 0 Å². The Kier molecular flexibility index (Phi) is 10.2. The van der Waals surface area contributed by atoms with Crippen molar-refractivity contribution in [3.8, 4) is 22.5 Å². The normalized spacial score (nSPS) is 9.70. The molecule has 0 atom stereocenters. The first kappa shape index (κ1) is 26.7. The Bertz CT molecular complexity index is 1280. The molecule has 0 unspecified atom stereocenters. The van der Waals surface area contributed by atoms with Crippen LogP contribution in [0.4, 0.5) is 0 Å². The number of halogens is 2. The van der Waals surface area contributed by atoms with Crippen molar-refractivity contribution < 1.29 is 26.2 Å².